The van der Waals surface area contributed by atoms with Gasteiger partial charge in [-0.05, 0) is 6.42 Å². The number of primary amides is 1. The second kappa shape index (κ2) is 2.08. The highest BCUT2D eigenvalue weighted by molar-refractivity contribution is 6.05. The Hall–Kier alpha value is -1.32. The van der Waals surface area contributed by atoms with Crippen molar-refractivity contribution in [1.82, 2.24) is 0 Å². The molecule has 0 aromatic rings. The van der Waals surface area contributed by atoms with E-state index in [1.807, 2.05) is 0 Å². The molecule has 0 spiro atoms. The Morgan fingerprint density at radius 2 is 2.27 bits per heavy atom. The van der Waals surface area contributed by atoms with E-state index in [4.69, 9.17) is 10.8 Å². The van der Waals surface area contributed by atoms with Crippen LogP contribution in [0.5, 0.6) is 0 Å². The Balaban J connectivity index is 2.87. The number of hydrogen-bond donors (Lipinski definition) is 2. The number of carboxylic acids is 1. The second-order valence-electron chi connectivity index (χ2n) is 2.69. The normalized spacial score (nSPS) is 34.4. The molecule has 0 saturated heterocycles. The molecule has 4 nitrogen and oxygen atoms in total. The van der Waals surface area contributed by atoms with E-state index >= 15 is 0 Å². The molecule has 1 fully saturated rings. The fourth-order valence-corrected chi connectivity index (χ4v) is 1.21. The van der Waals surface area contributed by atoms with Crippen LogP contribution in [0.4, 0.5) is 0 Å². The molecule has 3 N–H and O–H groups in total. The van der Waals surface area contributed by atoms with Crippen LogP contribution in [0.15, 0.2) is 12.7 Å². The van der Waals surface area contributed by atoms with E-state index < -0.39 is 17.3 Å². The summed E-state index contributed by atoms with van der Waals surface area (Å²) < 4.78 is 0. The van der Waals surface area contributed by atoms with Crippen molar-refractivity contribution in [1.29, 1.82) is 0 Å². The van der Waals surface area contributed by atoms with E-state index in [9.17, 15) is 9.59 Å². The lowest BCUT2D eigenvalue weighted by atomic mass is 10.0. The third kappa shape index (κ3) is 0.824. The molecular weight excluding hydrogens is 146 g/mol. The SMILES string of the molecule is C=CC1CC1(C(N)=O)C(=O)O. The molecule has 1 amide bonds. The number of allylic oxidation sites excluding steroid dienone is 1. The van der Waals surface area contributed by atoms with Gasteiger partial charge >= 0.3 is 5.97 Å². The highest BCUT2D eigenvalue weighted by Crippen LogP contribution is 2.53. The molecule has 0 aromatic carbocycles. The molecule has 0 heterocycles. The van der Waals surface area contributed by atoms with Gasteiger partial charge in [-0.15, -0.1) is 6.58 Å². The van der Waals surface area contributed by atoms with Crippen molar-refractivity contribution < 1.29 is 14.7 Å². The summed E-state index contributed by atoms with van der Waals surface area (Å²) in [6.07, 6.45) is 1.75. The maximum absolute atomic E-state index is 10.7. The first kappa shape index (κ1) is 7.78. The van der Waals surface area contributed by atoms with Gasteiger partial charge in [0.1, 0.15) is 0 Å². The average molecular weight is 155 g/mol. The lowest BCUT2D eigenvalue weighted by molar-refractivity contribution is -0.148. The summed E-state index contributed by atoms with van der Waals surface area (Å²) in [6, 6.07) is 0. The van der Waals surface area contributed by atoms with Crippen LogP contribution in [0.2, 0.25) is 0 Å². The Morgan fingerprint density at radius 3 is 2.36 bits per heavy atom. The summed E-state index contributed by atoms with van der Waals surface area (Å²) in [5.41, 5.74) is 3.59. The zero-order valence-corrected chi connectivity index (χ0v) is 5.91. The number of amides is 1. The lowest BCUT2D eigenvalue weighted by Gasteiger charge is -2.03. The van der Waals surface area contributed by atoms with E-state index in [1.54, 1.807) is 0 Å². The predicted octanol–water partition coefficient (Wildman–Crippen LogP) is -0.251. The Kier molecular flexibility index (Phi) is 1.47. The van der Waals surface area contributed by atoms with Crippen LogP contribution in [-0.2, 0) is 9.59 Å². The minimum atomic E-state index is -1.35. The van der Waals surface area contributed by atoms with Gasteiger partial charge in [-0.1, -0.05) is 6.08 Å². The summed E-state index contributed by atoms with van der Waals surface area (Å²) in [5.74, 6) is -2.19. The van der Waals surface area contributed by atoms with Crippen LogP contribution in [0, 0.1) is 11.3 Å². The van der Waals surface area contributed by atoms with Crippen LogP contribution in [0.25, 0.3) is 0 Å². The molecule has 4 heteroatoms. The molecule has 1 aliphatic carbocycles. The maximum Gasteiger partial charge on any atom is 0.319 e. The molecule has 0 bridgehead atoms. The fourth-order valence-electron chi connectivity index (χ4n) is 1.21. The topological polar surface area (TPSA) is 80.4 Å². The molecule has 60 valence electrons. The van der Waals surface area contributed by atoms with Crippen LogP contribution in [-0.4, -0.2) is 17.0 Å². The standard InChI is InChI=1S/C7H9NO3/c1-2-4-3-7(4,5(8)9)6(10)11/h2,4H,1,3H2,(H2,8,9)(H,10,11). The van der Waals surface area contributed by atoms with Crippen molar-refractivity contribution in [2.45, 2.75) is 6.42 Å². The highest BCUT2D eigenvalue weighted by atomic mass is 16.4. The zero-order chi connectivity index (χ0) is 8.65. The van der Waals surface area contributed by atoms with Crippen molar-refractivity contribution in [3.8, 4) is 0 Å². The van der Waals surface area contributed by atoms with Crippen molar-refractivity contribution in [3.63, 3.8) is 0 Å². The van der Waals surface area contributed by atoms with Crippen LogP contribution in [0.1, 0.15) is 6.42 Å². The van der Waals surface area contributed by atoms with Crippen LogP contribution < -0.4 is 5.73 Å². The van der Waals surface area contributed by atoms with E-state index in [2.05, 4.69) is 6.58 Å². The molecular formula is C7H9NO3. The van der Waals surface area contributed by atoms with Gasteiger partial charge in [0.25, 0.3) is 0 Å². The third-order valence-electron chi connectivity index (χ3n) is 2.12. The van der Waals surface area contributed by atoms with Crippen molar-refractivity contribution in [2.75, 3.05) is 0 Å². The van der Waals surface area contributed by atoms with Gasteiger partial charge in [0.05, 0.1) is 0 Å². The lowest BCUT2D eigenvalue weighted by Crippen LogP contribution is -2.33. The van der Waals surface area contributed by atoms with Gasteiger partial charge in [0.2, 0.25) is 5.91 Å². The summed E-state index contributed by atoms with van der Waals surface area (Å²) in [4.78, 5) is 21.2. The minimum absolute atomic E-state index is 0.280. The van der Waals surface area contributed by atoms with Gasteiger partial charge in [-0.25, -0.2) is 0 Å². The number of carbonyl (C=O) groups is 2. The Morgan fingerprint density at radius 1 is 1.73 bits per heavy atom. The third-order valence-corrected chi connectivity index (χ3v) is 2.12. The smallest absolute Gasteiger partial charge is 0.319 e. The average Bonchev–Trinajstić information content (AvgIpc) is 2.61. The number of carboxylic acid groups (broad SMARTS) is 1. The first-order chi connectivity index (χ1) is 5.05. The van der Waals surface area contributed by atoms with Crippen LogP contribution >= 0.6 is 0 Å². The number of nitrogens with two attached hydrogens (primary N) is 1. The quantitative estimate of drug-likeness (QED) is 0.435. The first-order valence-electron chi connectivity index (χ1n) is 3.21. The summed E-state index contributed by atoms with van der Waals surface area (Å²) in [6.45, 7) is 3.41. The number of rotatable bonds is 3. The van der Waals surface area contributed by atoms with E-state index in [0.29, 0.717) is 6.42 Å². The molecule has 2 atom stereocenters. The summed E-state index contributed by atoms with van der Waals surface area (Å²) >= 11 is 0. The zero-order valence-electron chi connectivity index (χ0n) is 5.91. The van der Waals surface area contributed by atoms with Gasteiger partial charge in [0, 0.05) is 5.92 Å². The molecule has 0 aromatic heterocycles. The van der Waals surface area contributed by atoms with Crippen molar-refractivity contribution in [3.05, 3.63) is 12.7 Å². The van der Waals surface area contributed by atoms with Crippen LogP contribution in [0.3, 0.4) is 0 Å². The molecule has 0 aliphatic heterocycles. The van der Waals surface area contributed by atoms with Gasteiger partial charge in [-0.3, -0.25) is 9.59 Å². The molecule has 11 heavy (non-hydrogen) atoms. The van der Waals surface area contributed by atoms with E-state index in [0.717, 1.165) is 0 Å². The highest BCUT2D eigenvalue weighted by Gasteiger charge is 2.63. The summed E-state index contributed by atoms with van der Waals surface area (Å²) in [5, 5.41) is 8.63. The van der Waals surface area contributed by atoms with Gasteiger partial charge < -0.3 is 10.8 Å². The predicted molar refractivity (Wildman–Crippen MR) is 37.6 cm³/mol. The molecule has 1 saturated carbocycles. The Labute approximate surface area is 63.7 Å². The van der Waals surface area contributed by atoms with Crippen molar-refractivity contribution in [2.24, 2.45) is 17.1 Å². The molecule has 2 unspecified atom stereocenters. The maximum atomic E-state index is 10.7. The van der Waals surface area contributed by atoms with Crippen molar-refractivity contribution >= 4 is 11.9 Å². The first-order valence-corrected chi connectivity index (χ1v) is 3.21. The van der Waals surface area contributed by atoms with Gasteiger partial charge in [-0.2, -0.15) is 0 Å². The largest absolute Gasteiger partial charge is 0.480 e. The van der Waals surface area contributed by atoms with E-state index in [1.165, 1.54) is 6.08 Å². The van der Waals surface area contributed by atoms with E-state index in [-0.39, 0.29) is 5.92 Å². The molecule has 0 radical (unpaired) electrons. The molecule has 1 rings (SSSR count). The van der Waals surface area contributed by atoms with Gasteiger partial charge in [0.15, 0.2) is 5.41 Å². The number of carbonyl (C=O) groups excluding carboxylic acids is 1. The second-order valence-corrected chi connectivity index (χ2v) is 2.69. The fraction of sp³-hybridized carbons (Fsp3) is 0.429. The summed E-state index contributed by atoms with van der Waals surface area (Å²) in [7, 11) is 0. The monoisotopic (exact) mass is 155 g/mol. The molecule has 1 aliphatic rings. The Bertz CT molecular complexity index is 220. The minimum Gasteiger partial charge on any atom is -0.480 e. The number of hydrogen-bond acceptors (Lipinski definition) is 2. The number of aliphatic carboxylic acids is 1.